The molecule has 1 amide bonds. The van der Waals surface area contributed by atoms with Crippen LogP contribution in [0.4, 0.5) is 0 Å². The second-order valence-electron chi connectivity index (χ2n) is 23.1. The van der Waals surface area contributed by atoms with E-state index in [2.05, 4.69) is 55.6 Å². The zero-order chi connectivity index (χ0) is 54.3. The van der Waals surface area contributed by atoms with Crippen LogP contribution in [0.3, 0.4) is 0 Å². The van der Waals surface area contributed by atoms with Gasteiger partial charge in [0.2, 0.25) is 5.91 Å². The summed E-state index contributed by atoms with van der Waals surface area (Å²) in [6.45, 7) is 4.94. The van der Waals surface area contributed by atoms with Crippen LogP contribution in [0.15, 0.2) is 36.5 Å². The van der Waals surface area contributed by atoms with Crippen molar-refractivity contribution in [2.45, 2.75) is 379 Å². The van der Waals surface area contributed by atoms with Gasteiger partial charge < -0.3 is 20.3 Å². The van der Waals surface area contributed by atoms with Crippen LogP contribution in [0, 0.1) is 0 Å². The summed E-state index contributed by atoms with van der Waals surface area (Å²) < 4.78 is 5.50. The van der Waals surface area contributed by atoms with Crippen LogP contribution >= 0.6 is 0 Å². The van der Waals surface area contributed by atoms with Crippen LogP contribution in [-0.2, 0) is 14.3 Å². The molecule has 6 nitrogen and oxygen atoms in total. The Morgan fingerprint density at radius 2 is 0.667 bits per heavy atom. The maximum atomic E-state index is 12.5. The Kier molecular flexibility index (Phi) is 63.0. The molecule has 0 aliphatic heterocycles. The smallest absolute Gasteiger partial charge is 0.305 e. The Labute approximate surface area is 468 Å². The molecule has 2 unspecified atom stereocenters. The van der Waals surface area contributed by atoms with Crippen molar-refractivity contribution >= 4 is 11.9 Å². The number of carbonyl (C=O) groups excluding carboxylic acids is 2. The average Bonchev–Trinajstić information content (AvgIpc) is 3.41. The van der Waals surface area contributed by atoms with Gasteiger partial charge in [-0.1, -0.05) is 307 Å². The maximum absolute atomic E-state index is 12.5. The summed E-state index contributed by atoms with van der Waals surface area (Å²) in [4.78, 5) is 24.6. The van der Waals surface area contributed by atoms with E-state index < -0.39 is 12.1 Å². The zero-order valence-corrected chi connectivity index (χ0v) is 50.5. The van der Waals surface area contributed by atoms with Crippen LogP contribution in [0.1, 0.15) is 367 Å². The highest BCUT2D eigenvalue weighted by molar-refractivity contribution is 5.76. The lowest BCUT2D eigenvalue weighted by molar-refractivity contribution is -0.143. The Morgan fingerprint density at radius 1 is 0.373 bits per heavy atom. The number of nitrogens with one attached hydrogen (secondary N) is 1. The summed E-state index contributed by atoms with van der Waals surface area (Å²) >= 11 is 0. The lowest BCUT2D eigenvalue weighted by Gasteiger charge is -2.22. The number of aliphatic hydroxyl groups is 2. The van der Waals surface area contributed by atoms with E-state index >= 15 is 0 Å². The van der Waals surface area contributed by atoms with Crippen LogP contribution in [-0.4, -0.2) is 47.4 Å². The largest absolute Gasteiger partial charge is 0.466 e. The number of unbranched alkanes of at least 4 members (excludes halogenated alkanes) is 46. The predicted molar refractivity (Wildman–Crippen MR) is 329 cm³/mol. The zero-order valence-electron chi connectivity index (χ0n) is 50.5. The number of ether oxygens (including phenoxy) is 1. The molecule has 0 fully saturated rings. The molecule has 0 aliphatic carbocycles. The van der Waals surface area contributed by atoms with E-state index in [-0.39, 0.29) is 18.5 Å². The van der Waals surface area contributed by atoms with Crippen LogP contribution in [0.25, 0.3) is 0 Å². The summed E-state index contributed by atoms with van der Waals surface area (Å²) in [5.74, 6) is -0.0235. The van der Waals surface area contributed by atoms with Gasteiger partial charge in [0.05, 0.1) is 25.4 Å². The first-order valence-corrected chi connectivity index (χ1v) is 33.7. The molecule has 6 heteroatoms. The van der Waals surface area contributed by atoms with Crippen molar-refractivity contribution in [1.82, 2.24) is 5.32 Å². The molecule has 0 bridgehead atoms. The van der Waals surface area contributed by atoms with Crippen LogP contribution in [0.5, 0.6) is 0 Å². The maximum Gasteiger partial charge on any atom is 0.305 e. The summed E-state index contributed by atoms with van der Waals surface area (Å²) in [7, 11) is 0. The highest BCUT2D eigenvalue weighted by Gasteiger charge is 2.20. The van der Waals surface area contributed by atoms with E-state index in [0.717, 1.165) is 51.4 Å². The second kappa shape index (κ2) is 64.6. The van der Waals surface area contributed by atoms with Gasteiger partial charge in [-0.15, -0.1) is 0 Å². The van der Waals surface area contributed by atoms with E-state index in [1.165, 1.54) is 283 Å². The second-order valence-corrected chi connectivity index (χ2v) is 23.1. The van der Waals surface area contributed by atoms with Gasteiger partial charge in [-0.25, -0.2) is 0 Å². The molecule has 442 valence electrons. The van der Waals surface area contributed by atoms with E-state index in [1.807, 2.05) is 0 Å². The Morgan fingerprint density at radius 3 is 1.05 bits per heavy atom. The predicted octanol–water partition coefficient (Wildman–Crippen LogP) is 21.5. The minimum absolute atomic E-state index is 0.0116. The van der Waals surface area contributed by atoms with E-state index in [0.29, 0.717) is 25.9 Å². The van der Waals surface area contributed by atoms with Crippen molar-refractivity contribution in [3.05, 3.63) is 36.5 Å². The first-order chi connectivity index (χ1) is 37.0. The van der Waals surface area contributed by atoms with Gasteiger partial charge in [0.1, 0.15) is 0 Å². The average molecular weight is 1050 g/mol. The van der Waals surface area contributed by atoms with Crippen molar-refractivity contribution < 1.29 is 24.5 Å². The minimum atomic E-state index is -0.664. The standard InChI is InChI=1S/C69H131NO5/c1-3-5-7-9-11-13-15-17-18-19-29-33-36-39-43-47-51-55-59-63-69(74)75-64-60-56-52-48-44-40-37-34-31-28-26-24-22-20-21-23-25-27-30-32-35-38-42-46-50-54-58-62-68(73)70-66(65-71)67(72)61-57-53-49-45-41-16-14-12-10-8-6-4-2/h11,13,17-18,20-21,66-67,71-72H,3-10,12,14-16,19,22-65H2,1-2H3,(H,70,73)/b13-11-,18-17-,21-20-. The number of allylic oxidation sites excluding steroid dienone is 6. The van der Waals surface area contributed by atoms with Crippen LogP contribution in [0.2, 0.25) is 0 Å². The van der Waals surface area contributed by atoms with E-state index in [9.17, 15) is 19.8 Å². The number of hydrogen-bond acceptors (Lipinski definition) is 5. The molecule has 0 saturated heterocycles. The van der Waals surface area contributed by atoms with Crippen molar-refractivity contribution in [2.75, 3.05) is 13.2 Å². The molecule has 0 heterocycles. The minimum Gasteiger partial charge on any atom is -0.466 e. The Bertz CT molecular complexity index is 1210. The third-order valence-corrected chi connectivity index (χ3v) is 15.7. The van der Waals surface area contributed by atoms with Crippen molar-refractivity contribution in [3.63, 3.8) is 0 Å². The van der Waals surface area contributed by atoms with Crippen molar-refractivity contribution in [1.29, 1.82) is 0 Å². The van der Waals surface area contributed by atoms with Gasteiger partial charge in [-0.05, 0) is 83.5 Å². The summed E-state index contributed by atoms with van der Waals surface area (Å²) in [5, 5.41) is 23.2. The lowest BCUT2D eigenvalue weighted by Crippen LogP contribution is -2.45. The van der Waals surface area contributed by atoms with Gasteiger partial charge >= 0.3 is 5.97 Å². The SMILES string of the molecule is CCCCC/C=C\C/C=C\CCCCCCCCCCCC(=O)OCCCCCCCCCCCCCC/C=C\CCCCCCCCCCCCCC(=O)NC(CO)C(O)CCCCCCCCCCCCCC. The quantitative estimate of drug-likeness (QED) is 0.0320. The molecule has 0 spiro atoms. The van der Waals surface area contributed by atoms with E-state index in [1.54, 1.807) is 0 Å². The molecule has 0 aromatic heterocycles. The van der Waals surface area contributed by atoms with Gasteiger partial charge in [0.25, 0.3) is 0 Å². The summed E-state index contributed by atoms with van der Waals surface area (Å²) in [6.07, 6.45) is 81.8. The van der Waals surface area contributed by atoms with Crippen molar-refractivity contribution in [3.8, 4) is 0 Å². The number of rotatable bonds is 63. The number of hydrogen-bond donors (Lipinski definition) is 3. The van der Waals surface area contributed by atoms with Gasteiger partial charge in [0.15, 0.2) is 0 Å². The summed E-state index contributed by atoms with van der Waals surface area (Å²) in [5.41, 5.74) is 0. The molecule has 75 heavy (non-hydrogen) atoms. The molecule has 0 aromatic rings. The normalized spacial score (nSPS) is 12.7. The molecule has 2 atom stereocenters. The number of amides is 1. The number of aliphatic hydroxyl groups excluding tert-OH is 2. The topological polar surface area (TPSA) is 95.9 Å². The first-order valence-electron chi connectivity index (χ1n) is 33.7. The molecular formula is C69H131NO5. The highest BCUT2D eigenvalue weighted by Crippen LogP contribution is 2.18. The monoisotopic (exact) mass is 1050 g/mol. The molecule has 0 radical (unpaired) electrons. The fourth-order valence-electron chi connectivity index (χ4n) is 10.5. The number of carbonyl (C=O) groups is 2. The van der Waals surface area contributed by atoms with Gasteiger partial charge in [0, 0.05) is 12.8 Å². The lowest BCUT2D eigenvalue weighted by atomic mass is 10.0. The fraction of sp³-hybridized carbons (Fsp3) is 0.884. The molecule has 3 N–H and O–H groups in total. The first kappa shape index (κ1) is 73.1. The van der Waals surface area contributed by atoms with Gasteiger partial charge in [-0.2, -0.15) is 0 Å². The molecule has 0 aliphatic rings. The summed E-state index contributed by atoms with van der Waals surface area (Å²) in [6, 6.07) is -0.541. The highest BCUT2D eigenvalue weighted by atomic mass is 16.5. The Hall–Kier alpha value is -1.92. The van der Waals surface area contributed by atoms with Gasteiger partial charge in [-0.3, -0.25) is 9.59 Å². The third-order valence-electron chi connectivity index (χ3n) is 15.7. The molecule has 0 saturated carbocycles. The molecule has 0 aromatic carbocycles. The molecule has 0 rings (SSSR count). The van der Waals surface area contributed by atoms with Crippen LogP contribution < -0.4 is 5.32 Å². The fourth-order valence-corrected chi connectivity index (χ4v) is 10.5. The number of esters is 1. The third kappa shape index (κ3) is 61.2. The van der Waals surface area contributed by atoms with Crippen molar-refractivity contribution in [2.24, 2.45) is 0 Å². The Balaban J connectivity index is 3.36. The molecular weight excluding hydrogens is 923 g/mol. The van der Waals surface area contributed by atoms with E-state index in [4.69, 9.17) is 4.74 Å².